The lowest BCUT2D eigenvalue weighted by molar-refractivity contribution is 0.297. The van der Waals surface area contributed by atoms with Gasteiger partial charge in [-0.1, -0.05) is 24.3 Å². The highest BCUT2D eigenvalue weighted by Crippen LogP contribution is 2.35. The van der Waals surface area contributed by atoms with Crippen LogP contribution >= 0.6 is 23.6 Å². The summed E-state index contributed by atoms with van der Waals surface area (Å²) in [6.45, 7) is 1.86. The number of hydrogen-bond donors (Lipinski definition) is 1. The Hall–Kier alpha value is -2.11. The minimum absolute atomic E-state index is 0.183. The van der Waals surface area contributed by atoms with Crippen molar-refractivity contribution in [2.45, 2.75) is 12.6 Å². The van der Waals surface area contributed by atoms with Crippen molar-refractivity contribution in [3.05, 3.63) is 76.7 Å². The van der Waals surface area contributed by atoms with Crippen LogP contribution in [0.15, 0.2) is 66.2 Å². The number of nitrogens with zero attached hydrogens (tertiary/aromatic N) is 2. The van der Waals surface area contributed by atoms with Crippen molar-refractivity contribution < 1.29 is 0 Å². The summed E-state index contributed by atoms with van der Waals surface area (Å²) in [7, 11) is 0. The number of hydrogen-bond acceptors (Lipinski definition) is 2. The molecule has 0 saturated heterocycles. The van der Waals surface area contributed by atoms with E-state index in [4.69, 9.17) is 12.2 Å². The van der Waals surface area contributed by atoms with Crippen LogP contribution in [0, 0.1) is 0 Å². The van der Waals surface area contributed by atoms with Gasteiger partial charge in [0.25, 0.3) is 0 Å². The van der Waals surface area contributed by atoms with Crippen LogP contribution in [0.1, 0.15) is 16.6 Å². The van der Waals surface area contributed by atoms with Crippen molar-refractivity contribution in [3.63, 3.8) is 0 Å². The zero-order valence-electron chi connectivity index (χ0n) is 12.6. The number of anilines is 1. The molecule has 3 aromatic rings. The highest BCUT2D eigenvalue weighted by molar-refractivity contribution is 7.80. The van der Waals surface area contributed by atoms with Crippen molar-refractivity contribution in [2.75, 3.05) is 11.9 Å². The van der Waals surface area contributed by atoms with Crippen molar-refractivity contribution in [1.82, 2.24) is 9.47 Å². The molecule has 1 unspecified atom stereocenters. The number of fused-ring (bicyclic) bond motifs is 1. The Morgan fingerprint density at radius 3 is 2.70 bits per heavy atom. The first kappa shape index (κ1) is 14.5. The Balaban J connectivity index is 1.66. The lowest BCUT2D eigenvalue weighted by atomic mass is 10.1. The second-order valence-corrected chi connectivity index (χ2v) is 6.90. The van der Waals surface area contributed by atoms with Crippen molar-refractivity contribution >= 4 is 34.4 Å². The fourth-order valence-electron chi connectivity index (χ4n) is 3.07. The van der Waals surface area contributed by atoms with Gasteiger partial charge in [0, 0.05) is 35.5 Å². The predicted molar refractivity (Wildman–Crippen MR) is 100.0 cm³/mol. The molecule has 3 nitrogen and oxygen atoms in total. The molecule has 0 aliphatic carbocycles. The summed E-state index contributed by atoms with van der Waals surface area (Å²) in [5.74, 6) is 0. The van der Waals surface area contributed by atoms with Crippen LogP contribution in [0.5, 0.6) is 0 Å². The zero-order valence-corrected chi connectivity index (χ0v) is 14.2. The van der Waals surface area contributed by atoms with E-state index in [9.17, 15) is 0 Å². The third kappa shape index (κ3) is 2.78. The number of aromatic nitrogens is 1. The van der Waals surface area contributed by atoms with Gasteiger partial charge in [0.2, 0.25) is 0 Å². The lowest BCUT2D eigenvalue weighted by Crippen LogP contribution is -2.44. The molecular formula is C18H17N3S2. The van der Waals surface area contributed by atoms with Gasteiger partial charge in [-0.2, -0.15) is 0 Å². The van der Waals surface area contributed by atoms with Gasteiger partial charge in [-0.05, 0) is 47.9 Å². The smallest absolute Gasteiger partial charge is 0.174 e. The minimum atomic E-state index is 0.183. The Kier molecular flexibility index (Phi) is 3.89. The molecule has 3 heterocycles. The monoisotopic (exact) mass is 339 g/mol. The molecule has 1 atom stereocenters. The maximum atomic E-state index is 5.72. The van der Waals surface area contributed by atoms with Crippen LogP contribution in [0.2, 0.25) is 0 Å². The summed E-state index contributed by atoms with van der Waals surface area (Å²) in [6.07, 6.45) is 2.15. The van der Waals surface area contributed by atoms with Gasteiger partial charge < -0.3 is 14.8 Å². The summed E-state index contributed by atoms with van der Waals surface area (Å²) in [5, 5.41) is 6.29. The van der Waals surface area contributed by atoms with Gasteiger partial charge in [0.05, 0.1) is 0 Å². The Labute approximate surface area is 145 Å². The van der Waals surface area contributed by atoms with Crippen LogP contribution in [0.3, 0.4) is 0 Å². The highest BCUT2D eigenvalue weighted by atomic mass is 32.1. The Morgan fingerprint density at radius 1 is 1.04 bits per heavy atom. The molecule has 1 aliphatic rings. The summed E-state index contributed by atoms with van der Waals surface area (Å²) in [5.41, 5.74) is 2.33. The molecule has 1 aliphatic heterocycles. The fourth-order valence-corrected chi connectivity index (χ4v) is 4.23. The van der Waals surface area contributed by atoms with E-state index in [0.717, 1.165) is 23.9 Å². The van der Waals surface area contributed by atoms with Crippen LogP contribution < -0.4 is 5.32 Å². The second kappa shape index (κ2) is 6.18. The summed E-state index contributed by atoms with van der Waals surface area (Å²) in [4.78, 5) is 3.62. The van der Waals surface area contributed by atoms with Gasteiger partial charge in [0.15, 0.2) is 5.11 Å². The molecule has 0 amide bonds. The van der Waals surface area contributed by atoms with E-state index >= 15 is 0 Å². The number of para-hydroxylation sites is 1. The topological polar surface area (TPSA) is 20.2 Å². The molecule has 1 N–H and O–H groups in total. The zero-order chi connectivity index (χ0) is 15.6. The van der Waals surface area contributed by atoms with Crippen LogP contribution in [-0.2, 0) is 6.54 Å². The molecule has 0 spiro atoms. The molecule has 0 bridgehead atoms. The molecule has 2 aromatic heterocycles. The van der Waals surface area contributed by atoms with Gasteiger partial charge in [0.1, 0.15) is 6.04 Å². The summed E-state index contributed by atoms with van der Waals surface area (Å²) in [6, 6.07) is 18.9. The molecule has 0 radical (unpaired) electrons. The van der Waals surface area contributed by atoms with E-state index in [2.05, 4.69) is 50.6 Å². The van der Waals surface area contributed by atoms with Gasteiger partial charge in [-0.3, -0.25) is 0 Å². The van der Waals surface area contributed by atoms with Crippen molar-refractivity contribution in [1.29, 1.82) is 0 Å². The third-order valence-corrected chi connectivity index (χ3v) is 5.40. The average molecular weight is 339 g/mol. The summed E-state index contributed by atoms with van der Waals surface area (Å²) < 4.78 is 2.33. The quantitative estimate of drug-likeness (QED) is 0.701. The van der Waals surface area contributed by atoms with E-state index in [0.29, 0.717) is 0 Å². The SMILES string of the molecule is S=C(Nc1ccccc1)N1CCn2cccc2C1c1cccs1. The predicted octanol–water partition coefficient (Wildman–Crippen LogP) is 4.35. The Bertz CT molecular complexity index is 793. The number of benzene rings is 1. The first-order chi connectivity index (χ1) is 11.3. The van der Waals surface area contributed by atoms with Crippen LogP contribution in [0.4, 0.5) is 5.69 Å². The standard InChI is InChI=1S/C18H17N3S2/c22-18(19-14-6-2-1-3-7-14)21-12-11-20-10-4-8-15(20)17(21)16-9-5-13-23-16/h1-10,13,17H,11-12H2,(H,19,22). The lowest BCUT2D eigenvalue weighted by Gasteiger charge is -2.38. The molecule has 1 aromatic carbocycles. The van der Waals surface area contributed by atoms with E-state index < -0.39 is 0 Å². The van der Waals surface area contributed by atoms with Crippen LogP contribution in [-0.4, -0.2) is 21.1 Å². The molecule has 0 saturated carbocycles. The highest BCUT2D eigenvalue weighted by Gasteiger charge is 2.31. The molecule has 5 heteroatoms. The van der Waals surface area contributed by atoms with E-state index in [1.165, 1.54) is 10.6 Å². The van der Waals surface area contributed by atoms with Gasteiger partial charge in [-0.25, -0.2) is 0 Å². The first-order valence-electron chi connectivity index (χ1n) is 7.64. The Morgan fingerprint density at radius 2 is 1.91 bits per heavy atom. The van der Waals surface area contributed by atoms with Gasteiger partial charge in [-0.15, -0.1) is 11.3 Å². The number of rotatable bonds is 2. The summed E-state index contributed by atoms with van der Waals surface area (Å²) >= 11 is 7.50. The van der Waals surface area contributed by atoms with Crippen LogP contribution in [0.25, 0.3) is 0 Å². The maximum absolute atomic E-state index is 5.72. The van der Waals surface area contributed by atoms with E-state index in [1.54, 1.807) is 11.3 Å². The van der Waals surface area contributed by atoms with E-state index in [-0.39, 0.29) is 6.04 Å². The maximum Gasteiger partial charge on any atom is 0.174 e. The molecule has 23 heavy (non-hydrogen) atoms. The average Bonchev–Trinajstić information content (AvgIpc) is 3.26. The molecule has 4 rings (SSSR count). The third-order valence-electron chi connectivity index (χ3n) is 4.14. The fraction of sp³-hybridized carbons (Fsp3) is 0.167. The number of nitrogens with one attached hydrogen (secondary N) is 1. The molecule has 116 valence electrons. The van der Waals surface area contributed by atoms with Gasteiger partial charge >= 0.3 is 0 Å². The first-order valence-corrected chi connectivity index (χ1v) is 8.93. The normalized spacial score (nSPS) is 16.9. The van der Waals surface area contributed by atoms with E-state index in [1.807, 2.05) is 30.3 Å². The van der Waals surface area contributed by atoms with Crippen molar-refractivity contribution in [2.24, 2.45) is 0 Å². The van der Waals surface area contributed by atoms with Crippen molar-refractivity contribution in [3.8, 4) is 0 Å². The number of thiophene rings is 1. The largest absolute Gasteiger partial charge is 0.347 e. The minimum Gasteiger partial charge on any atom is -0.347 e. The molecule has 0 fully saturated rings. The molecular weight excluding hydrogens is 322 g/mol. The second-order valence-electron chi connectivity index (χ2n) is 5.53. The number of thiocarbonyl (C=S) groups is 1.